The van der Waals surface area contributed by atoms with E-state index >= 15 is 0 Å². The first-order valence-electron chi connectivity index (χ1n) is 7.85. The summed E-state index contributed by atoms with van der Waals surface area (Å²) in [6.07, 6.45) is 16.8. The number of allylic oxidation sites excluding steroid dienone is 2. The Balaban J connectivity index is 1.81. The minimum atomic E-state index is 0.773. The third-order valence-electron chi connectivity index (χ3n) is 5.24. The minimum absolute atomic E-state index is 0.773. The van der Waals surface area contributed by atoms with Crippen molar-refractivity contribution in [1.29, 1.82) is 0 Å². The molecule has 0 amide bonds. The van der Waals surface area contributed by atoms with Gasteiger partial charge in [0.1, 0.15) is 0 Å². The third-order valence-corrected chi connectivity index (χ3v) is 6.74. The van der Waals surface area contributed by atoms with Crippen LogP contribution < -0.4 is 0 Å². The predicted octanol–water partition coefficient (Wildman–Crippen LogP) is 4.10. The average molecular weight is 251 g/mol. The molecule has 0 radical (unpaired) electrons. The van der Waals surface area contributed by atoms with Gasteiger partial charge in [-0.2, -0.15) is 0 Å². The molecule has 2 aliphatic rings. The molecule has 1 fully saturated rings. The Morgan fingerprint density at radius 1 is 1.06 bits per heavy atom. The standard InChI is InChI=1S/C16H30Si/c1-3-8-16(17,9-4-2)10-7-15-12-13-5-6-14(15)11-13/h5-6,13-15H,3-4,7-12H2,1-2,17H3. The molecule has 3 unspecified atom stereocenters. The van der Waals surface area contributed by atoms with Crippen LogP contribution in [0.15, 0.2) is 12.2 Å². The van der Waals surface area contributed by atoms with Crippen LogP contribution in [0.1, 0.15) is 65.2 Å². The van der Waals surface area contributed by atoms with Crippen molar-refractivity contribution in [2.45, 2.75) is 70.3 Å². The summed E-state index contributed by atoms with van der Waals surface area (Å²) >= 11 is 0. The largest absolute Gasteiger partial charge is 0.0851 e. The molecule has 0 aromatic rings. The lowest BCUT2D eigenvalue weighted by molar-refractivity contribution is 0.341. The van der Waals surface area contributed by atoms with Crippen molar-refractivity contribution in [3.05, 3.63) is 12.2 Å². The molecule has 17 heavy (non-hydrogen) atoms. The molecule has 0 spiro atoms. The van der Waals surface area contributed by atoms with Gasteiger partial charge in [-0.05, 0) is 42.1 Å². The summed E-state index contributed by atoms with van der Waals surface area (Å²) in [5.74, 6) is 2.98. The summed E-state index contributed by atoms with van der Waals surface area (Å²) in [7, 11) is 1.41. The molecule has 0 nitrogen and oxygen atoms in total. The molecule has 1 saturated carbocycles. The molecule has 0 aromatic heterocycles. The summed E-state index contributed by atoms with van der Waals surface area (Å²) in [6.45, 7) is 4.73. The van der Waals surface area contributed by atoms with Gasteiger partial charge < -0.3 is 0 Å². The first-order valence-corrected chi connectivity index (χ1v) is 8.85. The third kappa shape index (κ3) is 3.24. The van der Waals surface area contributed by atoms with Gasteiger partial charge in [0.05, 0.1) is 0 Å². The fourth-order valence-electron chi connectivity index (χ4n) is 4.34. The van der Waals surface area contributed by atoms with Crippen LogP contribution in [0.25, 0.3) is 0 Å². The Morgan fingerprint density at radius 2 is 1.76 bits per heavy atom. The van der Waals surface area contributed by atoms with Gasteiger partial charge in [0.15, 0.2) is 0 Å². The van der Waals surface area contributed by atoms with E-state index in [4.69, 9.17) is 0 Å². The number of hydrogen-bond donors (Lipinski definition) is 0. The van der Waals surface area contributed by atoms with Crippen LogP contribution in [-0.4, -0.2) is 10.2 Å². The molecule has 3 atom stereocenters. The fraction of sp³-hybridized carbons (Fsp3) is 0.875. The quantitative estimate of drug-likeness (QED) is 0.471. The van der Waals surface area contributed by atoms with Crippen LogP contribution in [0.2, 0.25) is 5.04 Å². The Morgan fingerprint density at radius 3 is 2.24 bits per heavy atom. The minimum Gasteiger partial charge on any atom is -0.0851 e. The van der Waals surface area contributed by atoms with E-state index in [1.165, 1.54) is 61.6 Å². The van der Waals surface area contributed by atoms with E-state index in [-0.39, 0.29) is 0 Å². The smallest absolute Gasteiger partial charge is 0.0106 e. The van der Waals surface area contributed by atoms with Crippen LogP contribution >= 0.6 is 0 Å². The first-order chi connectivity index (χ1) is 8.17. The van der Waals surface area contributed by atoms with Crippen LogP contribution in [-0.2, 0) is 0 Å². The van der Waals surface area contributed by atoms with Crippen molar-refractivity contribution < 1.29 is 0 Å². The molecule has 0 saturated heterocycles. The molecule has 0 heterocycles. The Kier molecular flexibility index (Phi) is 4.51. The molecule has 2 rings (SSSR count). The maximum Gasteiger partial charge on any atom is 0.0106 e. The molecule has 0 N–H and O–H groups in total. The molecule has 0 aromatic carbocycles. The summed E-state index contributed by atoms with van der Waals surface area (Å²) < 4.78 is 0. The number of rotatable bonds is 7. The van der Waals surface area contributed by atoms with Gasteiger partial charge in [-0.3, -0.25) is 0 Å². The zero-order valence-electron chi connectivity index (χ0n) is 12.0. The maximum absolute atomic E-state index is 2.52. The average Bonchev–Trinajstić information content (AvgIpc) is 2.89. The zero-order chi connectivity index (χ0) is 12.3. The van der Waals surface area contributed by atoms with E-state index in [0.717, 1.165) is 22.8 Å². The van der Waals surface area contributed by atoms with E-state index in [1.54, 1.807) is 0 Å². The van der Waals surface area contributed by atoms with Crippen LogP contribution in [0.5, 0.6) is 0 Å². The van der Waals surface area contributed by atoms with Crippen molar-refractivity contribution in [2.24, 2.45) is 17.8 Å². The number of hydrogen-bond acceptors (Lipinski definition) is 0. The SMILES string of the molecule is CCCC([SiH3])(CCC)CCC1CC2C=CC1C2. The molecule has 1 heteroatoms. The van der Waals surface area contributed by atoms with Gasteiger partial charge in [0.2, 0.25) is 0 Å². The van der Waals surface area contributed by atoms with Crippen LogP contribution in [0, 0.1) is 17.8 Å². The van der Waals surface area contributed by atoms with Crippen molar-refractivity contribution in [3.8, 4) is 0 Å². The highest BCUT2D eigenvalue weighted by Gasteiger charge is 2.36. The normalized spacial score (nSPS) is 31.5. The van der Waals surface area contributed by atoms with Gasteiger partial charge in [-0.1, -0.05) is 58.1 Å². The second-order valence-electron chi connectivity index (χ2n) is 6.89. The molecule has 98 valence electrons. The molecule has 2 bridgehead atoms. The Bertz CT molecular complexity index is 263. The second-order valence-corrected chi connectivity index (χ2v) is 9.01. The van der Waals surface area contributed by atoms with Crippen LogP contribution in [0.4, 0.5) is 0 Å². The van der Waals surface area contributed by atoms with Gasteiger partial charge in [0, 0.05) is 10.2 Å². The van der Waals surface area contributed by atoms with Crippen LogP contribution in [0.3, 0.4) is 0 Å². The highest BCUT2D eigenvalue weighted by atomic mass is 28.1. The van der Waals surface area contributed by atoms with E-state index in [0.29, 0.717) is 0 Å². The molecular formula is C16H30Si. The monoisotopic (exact) mass is 250 g/mol. The Labute approximate surface area is 111 Å². The van der Waals surface area contributed by atoms with Crippen molar-refractivity contribution in [3.63, 3.8) is 0 Å². The molecule has 0 aliphatic heterocycles. The first kappa shape index (κ1) is 13.4. The van der Waals surface area contributed by atoms with Crippen molar-refractivity contribution in [1.82, 2.24) is 0 Å². The fourth-order valence-corrected chi connectivity index (χ4v) is 5.63. The lowest BCUT2D eigenvalue weighted by Crippen LogP contribution is -2.16. The zero-order valence-corrected chi connectivity index (χ0v) is 14.0. The predicted molar refractivity (Wildman–Crippen MR) is 80.5 cm³/mol. The Hall–Kier alpha value is -0.0431. The van der Waals surface area contributed by atoms with Crippen molar-refractivity contribution in [2.75, 3.05) is 0 Å². The summed E-state index contributed by atoms with van der Waals surface area (Å²) in [5, 5.41) is 0.773. The highest BCUT2D eigenvalue weighted by molar-refractivity contribution is 6.15. The molecular weight excluding hydrogens is 220 g/mol. The summed E-state index contributed by atoms with van der Waals surface area (Å²) in [6, 6.07) is 0. The van der Waals surface area contributed by atoms with Gasteiger partial charge in [-0.15, -0.1) is 0 Å². The summed E-state index contributed by atoms with van der Waals surface area (Å²) in [5.41, 5.74) is 0. The highest BCUT2D eigenvalue weighted by Crippen LogP contribution is 2.48. The second kappa shape index (κ2) is 5.73. The molecule has 2 aliphatic carbocycles. The van der Waals surface area contributed by atoms with Crippen molar-refractivity contribution >= 4 is 10.2 Å². The number of fused-ring (bicyclic) bond motifs is 2. The van der Waals surface area contributed by atoms with Gasteiger partial charge in [0.25, 0.3) is 0 Å². The van der Waals surface area contributed by atoms with E-state index < -0.39 is 0 Å². The lowest BCUT2D eigenvalue weighted by atomic mass is 9.83. The maximum atomic E-state index is 2.52. The van der Waals surface area contributed by atoms with E-state index in [1.807, 2.05) is 0 Å². The van der Waals surface area contributed by atoms with Gasteiger partial charge in [-0.25, -0.2) is 0 Å². The van der Waals surface area contributed by atoms with E-state index in [2.05, 4.69) is 26.0 Å². The van der Waals surface area contributed by atoms with Gasteiger partial charge >= 0.3 is 0 Å². The van der Waals surface area contributed by atoms with E-state index in [9.17, 15) is 0 Å². The summed E-state index contributed by atoms with van der Waals surface area (Å²) in [4.78, 5) is 0. The topological polar surface area (TPSA) is 0 Å². The lowest BCUT2D eigenvalue weighted by Gasteiger charge is -2.31.